The molecule has 1 fully saturated rings. The van der Waals surface area contributed by atoms with Crippen LogP contribution < -0.4 is 5.32 Å². The maximum Gasteiger partial charge on any atom is 0.292 e. The van der Waals surface area contributed by atoms with Crippen LogP contribution in [0, 0.1) is 17.0 Å². The van der Waals surface area contributed by atoms with Crippen LogP contribution in [0.4, 0.5) is 11.4 Å². The lowest BCUT2D eigenvalue weighted by molar-refractivity contribution is -0.384. The molecule has 104 valence electrons. The lowest BCUT2D eigenvalue weighted by Crippen LogP contribution is -2.42. The summed E-state index contributed by atoms with van der Waals surface area (Å²) in [4.78, 5) is 10.6. The number of hydrogen-bond donors (Lipinski definition) is 2. The molecule has 2 rings (SSSR count). The normalized spacial score (nSPS) is 18.0. The summed E-state index contributed by atoms with van der Waals surface area (Å²) in [6, 6.07) is 4.93. The summed E-state index contributed by atoms with van der Waals surface area (Å²) in [7, 11) is 0. The lowest BCUT2D eigenvalue weighted by atomic mass is 9.94. The maximum absolute atomic E-state index is 11.0. The summed E-state index contributed by atoms with van der Waals surface area (Å²) < 4.78 is 5.21. The van der Waals surface area contributed by atoms with Crippen molar-refractivity contribution < 1.29 is 14.8 Å². The summed E-state index contributed by atoms with van der Waals surface area (Å²) >= 11 is 0. The van der Waals surface area contributed by atoms with Gasteiger partial charge in [-0.3, -0.25) is 10.1 Å². The van der Waals surface area contributed by atoms with Crippen LogP contribution in [0.1, 0.15) is 18.4 Å². The van der Waals surface area contributed by atoms with Gasteiger partial charge in [0.2, 0.25) is 0 Å². The van der Waals surface area contributed by atoms with Gasteiger partial charge in [0.05, 0.1) is 10.5 Å². The molecule has 6 nitrogen and oxygen atoms in total. The van der Waals surface area contributed by atoms with Crippen LogP contribution in [-0.4, -0.2) is 35.4 Å². The van der Waals surface area contributed by atoms with E-state index in [1.807, 2.05) is 13.0 Å². The fourth-order valence-electron chi connectivity index (χ4n) is 2.22. The third-order valence-corrected chi connectivity index (χ3v) is 3.47. The van der Waals surface area contributed by atoms with Gasteiger partial charge in [-0.2, -0.15) is 0 Å². The van der Waals surface area contributed by atoms with Crippen molar-refractivity contribution in [2.24, 2.45) is 0 Å². The number of benzene rings is 1. The van der Waals surface area contributed by atoms with E-state index in [1.165, 1.54) is 6.07 Å². The van der Waals surface area contributed by atoms with E-state index in [9.17, 15) is 15.2 Å². The molecular formula is C13H18N2O4. The molecule has 0 aliphatic carbocycles. The Balaban J connectivity index is 2.12. The van der Waals surface area contributed by atoms with Gasteiger partial charge in [-0.25, -0.2) is 0 Å². The fraction of sp³-hybridized carbons (Fsp3) is 0.538. The molecule has 1 saturated heterocycles. The number of aliphatic hydroxyl groups is 1. The molecule has 1 aliphatic rings. The van der Waals surface area contributed by atoms with Crippen LogP contribution in [0.2, 0.25) is 0 Å². The number of hydrogen-bond acceptors (Lipinski definition) is 5. The molecule has 6 heteroatoms. The number of anilines is 1. The molecule has 0 spiro atoms. The summed E-state index contributed by atoms with van der Waals surface area (Å²) in [6.45, 7) is 3.15. The molecule has 0 aromatic heterocycles. The van der Waals surface area contributed by atoms with E-state index in [0.717, 1.165) is 5.56 Å². The predicted molar refractivity (Wildman–Crippen MR) is 71.3 cm³/mol. The van der Waals surface area contributed by atoms with Crippen LogP contribution >= 0.6 is 0 Å². The van der Waals surface area contributed by atoms with Crippen LogP contribution in [0.15, 0.2) is 18.2 Å². The van der Waals surface area contributed by atoms with Crippen molar-refractivity contribution in [1.29, 1.82) is 0 Å². The highest BCUT2D eigenvalue weighted by atomic mass is 16.6. The zero-order valence-electron chi connectivity index (χ0n) is 10.9. The minimum Gasteiger partial charge on any atom is -0.388 e. The molecule has 1 aromatic carbocycles. The topological polar surface area (TPSA) is 84.6 Å². The molecule has 1 heterocycles. The SMILES string of the molecule is Cc1cccc([N+](=O)[O-])c1NCC1(O)CCOCC1. The van der Waals surface area contributed by atoms with E-state index >= 15 is 0 Å². The second kappa shape index (κ2) is 5.54. The molecule has 0 saturated carbocycles. The first-order valence-corrected chi connectivity index (χ1v) is 6.30. The van der Waals surface area contributed by atoms with E-state index in [-0.39, 0.29) is 5.69 Å². The van der Waals surface area contributed by atoms with Gasteiger partial charge in [-0.1, -0.05) is 12.1 Å². The monoisotopic (exact) mass is 266 g/mol. The van der Waals surface area contributed by atoms with Gasteiger partial charge >= 0.3 is 0 Å². The number of nitrogens with one attached hydrogen (secondary N) is 1. The summed E-state index contributed by atoms with van der Waals surface area (Å²) in [6.07, 6.45) is 1.08. The Morgan fingerprint density at radius 3 is 2.79 bits per heavy atom. The highest BCUT2D eigenvalue weighted by Gasteiger charge is 2.30. The summed E-state index contributed by atoms with van der Waals surface area (Å²) in [5.41, 5.74) is 0.460. The number of nitrogens with zero attached hydrogens (tertiary/aromatic N) is 1. The van der Waals surface area contributed by atoms with Crippen molar-refractivity contribution in [2.45, 2.75) is 25.4 Å². The first-order valence-electron chi connectivity index (χ1n) is 6.30. The molecule has 0 unspecified atom stereocenters. The molecule has 1 aromatic rings. The molecule has 19 heavy (non-hydrogen) atoms. The highest BCUT2D eigenvalue weighted by Crippen LogP contribution is 2.29. The number of rotatable bonds is 4. The number of ether oxygens (including phenoxy) is 1. The Bertz CT molecular complexity index is 470. The molecule has 0 bridgehead atoms. The quantitative estimate of drug-likeness (QED) is 0.641. The number of nitro benzene ring substituents is 1. The lowest BCUT2D eigenvalue weighted by Gasteiger charge is -2.32. The average Bonchev–Trinajstić information content (AvgIpc) is 2.38. The minimum absolute atomic E-state index is 0.0376. The fourth-order valence-corrected chi connectivity index (χ4v) is 2.22. The zero-order chi connectivity index (χ0) is 13.9. The van der Waals surface area contributed by atoms with E-state index in [4.69, 9.17) is 4.74 Å². The second-order valence-corrected chi connectivity index (χ2v) is 4.92. The molecular weight excluding hydrogens is 248 g/mol. The number of para-hydroxylation sites is 1. The van der Waals surface area contributed by atoms with E-state index in [2.05, 4.69) is 5.32 Å². The van der Waals surface area contributed by atoms with Gasteiger partial charge in [-0.05, 0) is 12.5 Å². The molecule has 0 amide bonds. The first kappa shape index (κ1) is 13.8. The number of aryl methyl sites for hydroxylation is 1. The smallest absolute Gasteiger partial charge is 0.292 e. The van der Waals surface area contributed by atoms with Crippen LogP contribution in [0.3, 0.4) is 0 Å². The Hall–Kier alpha value is -1.66. The molecule has 0 atom stereocenters. The van der Waals surface area contributed by atoms with Gasteiger partial charge in [-0.15, -0.1) is 0 Å². The van der Waals surface area contributed by atoms with Gasteiger partial charge in [0, 0.05) is 38.7 Å². The Morgan fingerprint density at radius 1 is 1.47 bits per heavy atom. The van der Waals surface area contributed by atoms with E-state index in [1.54, 1.807) is 6.07 Å². The van der Waals surface area contributed by atoms with E-state index < -0.39 is 10.5 Å². The van der Waals surface area contributed by atoms with E-state index in [0.29, 0.717) is 38.3 Å². The molecule has 0 radical (unpaired) electrons. The van der Waals surface area contributed by atoms with Crippen molar-refractivity contribution in [3.05, 3.63) is 33.9 Å². The van der Waals surface area contributed by atoms with Crippen molar-refractivity contribution in [1.82, 2.24) is 0 Å². The number of nitro groups is 1. The van der Waals surface area contributed by atoms with Gasteiger partial charge in [0.15, 0.2) is 0 Å². The van der Waals surface area contributed by atoms with Crippen LogP contribution in [-0.2, 0) is 4.74 Å². The Kier molecular flexibility index (Phi) is 4.01. The van der Waals surface area contributed by atoms with Crippen molar-refractivity contribution in [3.8, 4) is 0 Å². The second-order valence-electron chi connectivity index (χ2n) is 4.92. The third kappa shape index (κ3) is 3.21. The standard InChI is InChI=1S/C13H18N2O4/c1-10-3-2-4-11(15(17)18)12(10)14-9-13(16)5-7-19-8-6-13/h2-4,14,16H,5-9H2,1H3. The Labute approximate surface area is 111 Å². The summed E-state index contributed by atoms with van der Waals surface area (Å²) in [5.74, 6) is 0. The predicted octanol–water partition coefficient (Wildman–Crippen LogP) is 1.86. The minimum atomic E-state index is -0.853. The highest BCUT2D eigenvalue weighted by molar-refractivity contribution is 5.66. The van der Waals surface area contributed by atoms with Crippen molar-refractivity contribution >= 4 is 11.4 Å². The van der Waals surface area contributed by atoms with Gasteiger partial charge in [0.25, 0.3) is 5.69 Å². The largest absolute Gasteiger partial charge is 0.388 e. The van der Waals surface area contributed by atoms with Gasteiger partial charge in [0.1, 0.15) is 5.69 Å². The van der Waals surface area contributed by atoms with Crippen LogP contribution in [0.5, 0.6) is 0 Å². The van der Waals surface area contributed by atoms with Gasteiger partial charge < -0.3 is 15.2 Å². The summed E-state index contributed by atoms with van der Waals surface area (Å²) in [5, 5.41) is 24.4. The van der Waals surface area contributed by atoms with Crippen molar-refractivity contribution in [3.63, 3.8) is 0 Å². The van der Waals surface area contributed by atoms with Crippen LogP contribution in [0.25, 0.3) is 0 Å². The Morgan fingerprint density at radius 2 is 2.16 bits per heavy atom. The van der Waals surface area contributed by atoms with Crippen molar-refractivity contribution in [2.75, 3.05) is 25.1 Å². The third-order valence-electron chi connectivity index (χ3n) is 3.47. The molecule has 1 aliphatic heterocycles. The first-order chi connectivity index (χ1) is 9.02. The maximum atomic E-state index is 11.0. The average molecular weight is 266 g/mol. The zero-order valence-corrected chi connectivity index (χ0v) is 10.9. The molecule has 2 N–H and O–H groups in total.